The zero-order chi connectivity index (χ0) is 26.7. The molecule has 1 aliphatic heterocycles. The summed E-state index contributed by atoms with van der Waals surface area (Å²) in [6.07, 6.45) is 0. The van der Waals surface area contributed by atoms with Gasteiger partial charge in [-0.05, 0) is 0 Å². The first-order valence-corrected chi connectivity index (χ1v) is 14.1. The van der Waals surface area contributed by atoms with E-state index in [1.807, 2.05) is 0 Å². The minimum atomic E-state index is -1.57. The molecule has 4 bridgehead atoms. The van der Waals surface area contributed by atoms with Gasteiger partial charge in [0.05, 0.1) is 46.6 Å². The highest BCUT2D eigenvalue weighted by molar-refractivity contribution is 6.53. The lowest BCUT2D eigenvalue weighted by Crippen LogP contribution is -2.58. The van der Waals surface area contributed by atoms with Crippen molar-refractivity contribution < 1.29 is 28.4 Å². The van der Waals surface area contributed by atoms with Crippen LogP contribution in [-0.2, 0) is 28.4 Å². The number of halogens is 8. The minimum Gasteiger partial charge on any atom is -0.381 e. The van der Waals surface area contributed by atoms with Crippen LogP contribution in [0.5, 0.6) is 0 Å². The SMILES string of the molecule is COC1(OC)[C@@]2(Cl)C(Cl)=C(Cl)[C@]1(Cl)[C@@H]1COC[C@H]3[C@@H](COC[C@@H]12)[C@@]1(Cl)C(Cl)=C(Cl)[C@]3(Cl)C1(OC)OC. The molecular weight excluding hydrogens is 644 g/mol. The molecule has 0 radical (unpaired) electrons. The molecule has 5 aliphatic rings. The van der Waals surface area contributed by atoms with E-state index in [1.54, 1.807) is 0 Å². The van der Waals surface area contributed by atoms with E-state index in [-0.39, 0.29) is 46.6 Å². The first-order valence-electron chi connectivity index (χ1n) is 11.1. The predicted molar refractivity (Wildman–Crippen MR) is 141 cm³/mol. The van der Waals surface area contributed by atoms with Crippen LogP contribution in [0.3, 0.4) is 0 Å². The topological polar surface area (TPSA) is 55.4 Å². The molecule has 1 heterocycles. The second-order valence-corrected chi connectivity index (χ2v) is 13.6. The summed E-state index contributed by atoms with van der Waals surface area (Å²) < 4.78 is 35.9. The Bertz CT molecular complexity index is 884. The first kappa shape index (κ1) is 29.1. The van der Waals surface area contributed by atoms with Crippen LogP contribution in [0.4, 0.5) is 0 Å². The summed E-state index contributed by atoms with van der Waals surface area (Å²) in [6, 6.07) is 0. The maximum Gasteiger partial charge on any atom is 0.217 e. The Morgan fingerprint density at radius 2 is 0.694 bits per heavy atom. The van der Waals surface area contributed by atoms with Crippen molar-refractivity contribution in [2.75, 3.05) is 54.9 Å². The average Bonchev–Trinajstić information content (AvgIpc) is 3.26. The molecule has 4 aliphatic carbocycles. The van der Waals surface area contributed by atoms with Crippen LogP contribution in [-0.4, -0.2) is 85.9 Å². The van der Waals surface area contributed by atoms with Gasteiger partial charge in [0, 0.05) is 52.1 Å². The summed E-state index contributed by atoms with van der Waals surface area (Å²) in [6.45, 7) is 0.422. The van der Waals surface area contributed by atoms with Gasteiger partial charge in [-0.2, -0.15) is 0 Å². The monoisotopic (exact) mass is 664 g/mol. The molecule has 36 heavy (non-hydrogen) atoms. The van der Waals surface area contributed by atoms with Gasteiger partial charge in [0.25, 0.3) is 0 Å². The molecule has 14 heteroatoms. The third kappa shape index (κ3) is 2.69. The van der Waals surface area contributed by atoms with E-state index in [2.05, 4.69) is 0 Å². The van der Waals surface area contributed by atoms with Crippen LogP contribution in [0.25, 0.3) is 0 Å². The van der Waals surface area contributed by atoms with Gasteiger partial charge in [-0.3, -0.25) is 0 Å². The molecule has 0 N–H and O–H groups in total. The molecule has 6 nitrogen and oxygen atoms in total. The summed E-state index contributed by atoms with van der Waals surface area (Å²) in [5, 5.41) is 0.586. The molecular formula is C22H24Cl8O6. The Morgan fingerprint density at radius 1 is 0.500 bits per heavy atom. The number of hydrogen-bond donors (Lipinski definition) is 0. The van der Waals surface area contributed by atoms with Crippen molar-refractivity contribution in [3.05, 3.63) is 20.1 Å². The minimum absolute atomic E-state index is 0.106. The van der Waals surface area contributed by atoms with E-state index < -0.39 is 54.7 Å². The van der Waals surface area contributed by atoms with Gasteiger partial charge in [0.2, 0.25) is 11.6 Å². The molecule has 2 saturated carbocycles. The summed E-state index contributed by atoms with van der Waals surface area (Å²) >= 11 is 55.6. The van der Waals surface area contributed by atoms with E-state index in [9.17, 15) is 0 Å². The molecule has 0 aromatic rings. The molecule has 0 aromatic carbocycles. The predicted octanol–water partition coefficient (Wildman–Crippen LogP) is 5.82. The highest BCUT2D eigenvalue weighted by Gasteiger charge is 2.86. The number of hydrogen-bond acceptors (Lipinski definition) is 6. The Morgan fingerprint density at radius 3 is 0.861 bits per heavy atom. The van der Waals surface area contributed by atoms with Crippen LogP contribution in [0.2, 0.25) is 0 Å². The maximum atomic E-state index is 7.23. The second kappa shape index (κ2) is 9.03. The quantitative estimate of drug-likeness (QED) is 0.278. The number of alkyl halides is 4. The van der Waals surface area contributed by atoms with Crippen molar-refractivity contribution in [1.29, 1.82) is 0 Å². The van der Waals surface area contributed by atoms with Gasteiger partial charge in [-0.15, -0.1) is 46.4 Å². The maximum absolute atomic E-state index is 7.23. The van der Waals surface area contributed by atoms with E-state index in [0.717, 1.165) is 0 Å². The highest BCUT2D eigenvalue weighted by atomic mass is 35.5. The molecule has 3 fully saturated rings. The van der Waals surface area contributed by atoms with Crippen LogP contribution >= 0.6 is 92.8 Å². The van der Waals surface area contributed by atoms with E-state index in [4.69, 9.17) is 121 Å². The lowest BCUT2D eigenvalue weighted by molar-refractivity contribution is -0.223. The van der Waals surface area contributed by atoms with Gasteiger partial charge < -0.3 is 28.4 Å². The van der Waals surface area contributed by atoms with Gasteiger partial charge >= 0.3 is 0 Å². The zero-order valence-corrected chi connectivity index (χ0v) is 25.7. The fraction of sp³-hybridized carbons (Fsp3) is 0.818. The van der Waals surface area contributed by atoms with Crippen LogP contribution < -0.4 is 0 Å². The van der Waals surface area contributed by atoms with E-state index in [0.29, 0.717) is 0 Å². The molecule has 1 saturated heterocycles. The normalized spacial score (nSPS) is 49.0. The van der Waals surface area contributed by atoms with Crippen molar-refractivity contribution in [2.24, 2.45) is 23.7 Å². The van der Waals surface area contributed by atoms with Gasteiger partial charge in [0.15, 0.2) is 0 Å². The Hall–Kier alpha value is 1.56. The van der Waals surface area contributed by atoms with Crippen LogP contribution in [0.15, 0.2) is 20.1 Å². The molecule has 5 rings (SSSR count). The molecule has 0 aromatic heterocycles. The number of rotatable bonds is 4. The van der Waals surface area contributed by atoms with Crippen molar-refractivity contribution in [1.82, 2.24) is 0 Å². The molecule has 0 spiro atoms. The standard InChI is InChI=1S/C22H24Cl8O6/c1-31-21(32-2)17(27)9-5-35-7-11-12(8-36-6-10(9)18(21,28)14(24)13(17)23)20(30)16(26)15(25)19(11,29)22(20,33-3)34-4/h9-12H,5-8H2,1-4H3/t9-,10+,11+,12-,17-,18+,19+,20-. The Labute approximate surface area is 249 Å². The third-order valence-corrected chi connectivity index (χ3v) is 14.3. The fourth-order valence-corrected chi connectivity index (χ4v) is 11.8. The van der Waals surface area contributed by atoms with Gasteiger partial charge in [-0.25, -0.2) is 0 Å². The molecule has 0 amide bonds. The second-order valence-electron chi connectivity index (χ2n) is 9.65. The molecule has 204 valence electrons. The number of methoxy groups -OCH3 is 4. The lowest BCUT2D eigenvalue weighted by Gasteiger charge is -2.41. The summed E-state index contributed by atoms with van der Waals surface area (Å²) in [5.74, 6) is -5.13. The van der Waals surface area contributed by atoms with Crippen molar-refractivity contribution in [2.45, 2.75) is 31.1 Å². The smallest absolute Gasteiger partial charge is 0.217 e. The zero-order valence-electron chi connectivity index (χ0n) is 19.6. The number of ether oxygens (including phenoxy) is 6. The van der Waals surface area contributed by atoms with Crippen molar-refractivity contribution in [3.63, 3.8) is 0 Å². The van der Waals surface area contributed by atoms with E-state index >= 15 is 0 Å². The first-order chi connectivity index (χ1) is 16.8. The summed E-state index contributed by atoms with van der Waals surface area (Å²) in [5.41, 5.74) is 0. The molecule has 8 atom stereocenters. The van der Waals surface area contributed by atoms with Gasteiger partial charge in [0.1, 0.15) is 19.5 Å². The summed E-state index contributed by atoms with van der Waals surface area (Å²) in [7, 11) is 5.77. The summed E-state index contributed by atoms with van der Waals surface area (Å²) in [4.78, 5) is -5.75. The Balaban J connectivity index is 1.57. The van der Waals surface area contributed by atoms with E-state index in [1.165, 1.54) is 28.4 Å². The lowest BCUT2D eigenvalue weighted by atomic mass is 9.81. The average molecular weight is 668 g/mol. The van der Waals surface area contributed by atoms with Crippen LogP contribution in [0, 0.1) is 23.7 Å². The van der Waals surface area contributed by atoms with Crippen molar-refractivity contribution >= 4 is 92.8 Å². The van der Waals surface area contributed by atoms with Gasteiger partial charge in [-0.1, -0.05) is 46.4 Å². The highest BCUT2D eigenvalue weighted by Crippen LogP contribution is 2.76. The largest absolute Gasteiger partial charge is 0.381 e. The Kier molecular flexibility index (Phi) is 7.29. The van der Waals surface area contributed by atoms with Crippen LogP contribution in [0.1, 0.15) is 0 Å². The third-order valence-electron chi connectivity index (χ3n) is 8.93. The van der Waals surface area contributed by atoms with Crippen molar-refractivity contribution in [3.8, 4) is 0 Å². The fourth-order valence-electron chi connectivity index (χ4n) is 7.41. The number of fused-ring (bicyclic) bond motifs is 10. The molecule has 0 unspecified atom stereocenters.